The number of carbonyl (C=O) groups excluding carboxylic acids is 1. The minimum Gasteiger partial charge on any atom is -0.337 e. The van der Waals surface area contributed by atoms with Gasteiger partial charge in [0.1, 0.15) is 0 Å². The van der Waals surface area contributed by atoms with Gasteiger partial charge in [0.15, 0.2) is 0 Å². The van der Waals surface area contributed by atoms with Crippen molar-refractivity contribution in [3.8, 4) is 0 Å². The molecule has 140 valence electrons. The summed E-state index contributed by atoms with van der Waals surface area (Å²) in [5.41, 5.74) is 3.49. The van der Waals surface area contributed by atoms with Crippen LogP contribution in [0.1, 0.15) is 37.1 Å². The third kappa shape index (κ3) is 3.82. The number of benzene rings is 2. The van der Waals surface area contributed by atoms with Crippen LogP contribution in [0.5, 0.6) is 0 Å². The molecule has 5 nitrogen and oxygen atoms in total. The minimum absolute atomic E-state index is 0.100. The van der Waals surface area contributed by atoms with Crippen molar-refractivity contribution >= 4 is 16.8 Å². The first-order chi connectivity index (χ1) is 13.0. The third-order valence-electron chi connectivity index (χ3n) is 5.58. The lowest BCUT2D eigenvalue weighted by atomic mass is 9.83. The van der Waals surface area contributed by atoms with Gasteiger partial charge in [-0.3, -0.25) is 5.10 Å². The quantitative estimate of drug-likeness (QED) is 0.662. The number of aromatic amines is 1. The molecule has 2 amide bonds. The number of aromatic nitrogens is 2. The topological polar surface area (TPSA) is 69.8 Å². The molecule has 1 aliphatic carbocycles. The maximum Gasteiger partial charge on any atom is 0.315 e. The highest BCUT2D eigenvalue weighted by atomic mass is 16.2. The number of nitrogens with one attached hydrogen (secondary N) is 3. The SMILES string of the molecule is CC(C)(CNC(=O)NC1CCc2cn[nH]c2C1)c1ccc2ccccc2c1. The van der Waals surface area contributed by atoms with Crippen LogP contribution in [-0.2, 0) is 18.3 Å². The Morgan fingerprint density at radius 2 is 2.04 bits per heavy atom. The average molecular weight is 362 g/mol. The van der Waals surface area contributed by atoms with Gasteiger partial charge in [0.05, 0.1) is 6.20 Å². The van der Waals surface area contributed by atoms with E-state index in [4.69, 9.17) is 0 Å². The Balaban J connectivity index is 1.36. The molecule has 1 heterocycles. The number of rotatable bonds is 4. The summed E-state index contributed by atoms with van der Waals surface area (Å²) in [6.07, 6.45) is 4.61. The average Bonchev–Trinajstić information content (AvgIpc) is 3.14. The van der Waals surface area contributed by atoms with Crippen molar-refractivity contribution in [3.63, 3.8) is 0 Å². The van der Waals surface area contributed by atoms with Gasteiger partial charge in [0.2, 0.25) is 0 Å². The molecule has 27 heavy (non-hydrogen) atoms. The molecule has 0 radical (unpaired) electrons. The first kappa shape index (κ1) is 17.6. The third-order valence-corrected chi connectivity index (χ3v) is 5.58. The molecule has 4 rings (SSSR count). The van der Waals surface area contributed by atoms with Crippen LogP contribution in [0.15, 0.2) is 48.7 Å². The van der Waals surface area contributed by atoms with Crippen molar-refractivity contribution in [2.75, 3.05) is 6.54 Å². The fourth-order valence-corrected chi connectivity index (χ4v) is 3.78. The van der Waals surface area contributed by atoms with E-state index in [-0.39, 0.29) is 17.5 Å². The van der Waals surface area contributed by atoms with E-state index in [1.165, 1.54) is 21.9 Å². The van der Waals surface area contributed by atoms with E-state index in [0.29, 0.717) is 6.54 Å². The molecule has 0 spiro atoms. The van der Waals surface area contributed by atoms with Gasteiger partial charge in [-0.2, -0.15) is 5.10 Å². The highest BCUT2D eigenvalue weighted by Gasteiger charge is 2.24. The van der Waals surface area contributed by atoms with E-state index < -0.39 is 0 Å². The summed E-state index contributed by atoms with van der Waals surface area (Å²) in [5.74, 6) is 0. The Morgan fingerprint density at radius 3 is 2.89 bits per heavy atom. The molecular weight excluding hydrogens is 336 g/mol. The van der Waals surface area contributed by atoms with Crippen LogP contribution in [-0.4, -0.2) is 28.8 Å². The molecule has 0 bridgehead atoms. The maximum atomic E-state index is 12.4. The smallest absolute Gasteiger partial charge is 0.315 e. The maximum absolute atomic E-state index is 12.4. The minimum atomic E-state index is -0.148. The fraction of sp³-hybridized carbons (Fsp3) is 0.364. The molecule has 0 aliphatic heterocycles. The van der Waals surface area contributed by atoms with Gasteiger partial charge >= 0.3 is 6.03 Å². The summed E-state index contributed by atoms with van der Waals surface area (Å²) in [5, 5.41) is 15.7. The zero-order valence-corrected chi connectivity index (χ0v) is 15.9. The van der Waals surface area contributed by atoms with Crippen molar-refractivity contribution in [2.45, 2.75) is 44.6 Å². The van der Waals surface area contributed by atoms with Crippen molar-refractivity contribution in [2.24, 2.45) is 0 Å². The van der Waals surface area contributed by atoms with Crippen LogP contribution in [0.2, 0.25) is 0 Å². The zero-order chi connectivity index (χ0) is 18.9. The standard InChI is InChI=1S/C22H26N4O/c1-22(2,18-9-7-15-5-3-4-6-16(15)11-18)14-23-21(27)25-19-10-8-17-13-24-26-20(17)12-19/h3-7,9,11,13,19H,8,10,12,14H2,1-2H3,(H,24,26)(H2,23,25,27). The second-order valence-electron chi connectivity index (χ2n) is 8.09. The van der Waals surface area contributed by atoms with Gasteiger partial charge in [0.25, 0.3) is 0 Å². The van der Waals surface area contributed by atoms with Crippen LogP contribution in [0.25, 0.3) is 10.8 Å². The van der Waals surface area contributed by atoms with E-state index in [0.717, 1.165) is 25.0 Å². The Bertz CT molecular complexity index is 960. The Morgan fingerprint density at radius 1 is 1.22 bits per heavy atom. The number of nitrogens with zero attached hydrogens (tertiary/aromatic N) is 1. The van der Waals surface area contributed by atoms with E-state index in [1.807, 2.05) is 6.20 Å². The molecule has 1 aromatic heterocycles. The second-order valence-corrected chi connectivity index (χ2v) is 8.09. The molecule has 5 heteroatoms. The molecule has 1 aliphatic rings. The van der Waals surface area contributed by atoms with Crippen LogP contribution < -0.4 is 10.6 Å². The van der Waals surface area contributed by atoms with Gasteiger partial charge < -0.3 is 10.6 Å². The molecule has 0 fully saturated rings. The lowest BCUT2D eigenvalue weighted by molar-refractivity contribution is 0.233. The van der Waals surface area contributed by atoms with E-state index in [2.05, 4.69) is 77.1 Å². The van der Waals surface area contributed by atoms with Gasteiger partial charge in [-0.05, 0) is 34.7 Å². The molecule has 1 unspecified atom stereocenters. The molecule has 1 atom stereocenters. The van der Waals surface area contributed by atoms with E-state index in [1.54, 1.807) is 0 Å². The summed E-state index contributed by atoms with van der Waals surface area (Å²) < 4.78 is 0. The molecule has 0 saturated heterocycles. The monoisotopic (exact) mass is 362 g/mol. The summed E-state index contributed by atoms with van der Waals surface area (Å²) in [7, 11) is 0. The predicted octanol–water partition coefficient (Wildman–Crippen LogP) is 3.70. The number of H-pyrrole nitrogens is 1. The Hall–Kier alpha value is -2.82. The van der Waals surface area contributed by atoms with Gasteiger partial charge in [-0.15, -0.1) is 0 Å². The summed E-state index contributed by atoms with van der Waals surface area (Å²) >= 11 is 0. The lowest BCUT2D eigenvalue weighted by Gasteiger charge is -2.28. The van der Waals surface area contributed by atoms with Gasteiger partial charge in [-0.25, -0.2) is 4.79 Å². The predicted molar refractivity (Wildman–Crippen MR) is 108 cm³/mol. The number of hydrogen-bond donors (Lipinski definition) is 3. The van der Waals surface area contributed by atoms with Crippen molar-refractivity contribution in [1.29, 1.82) is 0 Å². The zero-order valence-electron chi connectivity index (χ0n) is 15.9. The van der Waals surface area contributed by atoms with Gasteiger partial charge in [-0.1, -0.05) is 56.3 Å². The van der Waals surface area contributed by atoms with E-state index >= 15 is 0 Å². The fourth-order valence-electron chi connectivity index (χ4n) is 3.78. The van der Waals surface area contributed by atoms with Crippen LogP contribution in [0, 0.1) is 0 Å². The van der Waals surface area contributed by atoms with Crippen LogP contribution in [0.4, 0.5) is 4.79 Å². The van der Waals surface area contributed by atoms with Crippen molar-refractivity contribution in [3.05, 3.63) is 65.5 Å². The highest BCUT2D eigenvalue weighted by molar-refractivity contribution is 5.83. The number of amides is 2. The first-order valence-corrected chi connectivity index (χ1v) is 9.56. The second kappa shape index (κ2) is 7.06. The molecule has 0 saturated carbocycles. The Kier molecular flexibility index (Phi) is 4.60. The largest absolute Gasteiger partial charge is 0.337 e. The van der Waals surface area contributed by atoms with Crippen LogP contribution in [0.3, 0.4) is 0 Å². The van der Waals surface area contributed by atoms with Gasteiger partial charge in [0, 0.05) is 30.1 Å². The van der Waals surface area contributed by atoms with Crippen molar-refractivity contribution in [1.82, 2.24) is 20.8 Å². The normalized spacial score (nSPS) is 16.7. The first-order valence-electron chi connectivity index (χ1n) is 9.56. The number of hydrogen-bond acceptors (Lipinski definition) is 2. The van der Waals surface area contributed by atoms with E-state index in [9.17, 15) is 4.79 Å². The Labute approximate surface area is 159 Å². The molecule has 2 aromatic carbocycles. The highest BCUT2D eigenvalue weighted by Crippen LogP contribution is 2.26. The summed E-state index contributed by atoms with van der Waals surface area (Å²) in [6, 6.07) is 14.9. The number of fused-ring (bicyclic) bond motifs is 2. The lowest BCUT2D eigenvalue weighted by Crippen LogP contribution is -2.47. The molecule has 3 aromatic rings. The number of carbonyl (C=O) groups is 1. The number of aryl methyl sites for hydroxylation is 1. The molecule has 3 N–H and O–H groups in total. The molecular formula is C22H26N4O. The summed E-state index contributed by atoms with van der Waals surface area (Å²) in [6.45, 7) is 4.91. The van der Waals surface area contributed by atoms with Crippen LogP contribution >= 0.6 is 0 Å². The number of urea groups is 1. The van der Waals surface area contributed by atoms with Crippen molar-refractivity contribution < 1.29 is 4.79 Å². The summed E-state index contributed by atoms with van der Waals surface area (Å²) in [4.78, 5) is 12.4.